The zero-order valence-corrected chi connectivity index (χ0v) is 21.9. The van der Waals surface area contributed by atoms with E-state index in [0.717, 1.165) is 19.4 Å². The van der Waals surface area contributed by atoms with Crippen LogP contribution in [0.15, 0.2) is 84.1 Å². The Hall–Kier alpha value is -2.74. The van der Waals surface area contributed by atoms with Crippen LogP contribution in [-0.4, -0.2) is 14.1 Å². The van der Waals surface area contributed by atoms with Crippen molar-refractivity contribution in [1.82, 2.24) is 0 Å². The van der Waals surface area contributed by atoms with Crippen LogP contribution in [0.5, 0.6) is 0 Å². The fourth-order valence-electron chi connectivity index (χ4n) is 4.04. The summed E-state index contributed by atoms with van der Waals surface area (Å²) in [6.07, 6.45) is 17.8. The second-order valence-corrected chi connectivity index (χ2v) is 10.2. The average Bonchev–Trinajstić information content (AvgIpc) is 2.75. The van der Waals surface area contributed by atoms with E-state index in [-0.39, 0.29) is 5.41 Å². The highest BCUT2D eigenvalue weighted by Crippen LogP contribution is 2.38. The molecule has 1 aliphatic carbocycles. The molecule has 0 saturated carbocycles. The third kappa shape index (κ3) is 11.0. The molecule has 0 atom stereocenters. The first-order valence-electron chi connectivity index (χ1n) is 11.5. The first kappa shape index (κ1) is 28.5. The molecule has 6 nitrogen and oxygen atoms in total. The summed E-state index contributed by atoms with van der Waals surface area (Å²) in [5, 5.41) is 0. The number of rotatable bonds is 6. The maximum atomic E-state index is 8.49. The first-order valence-corrected chi connectivity index (χ1v) is 12.7. The molecular formula is C28H35ClN2O4. The highest BCUT2D eigenvalue weighted by Gasteiger charge is 2.25. The van der Waals surface area contributed by atoms with Crippen LogP contribution >= 0.6 is 0 Å². The number of nitrogens with zero attached hydrogens (tertiary/aromatic N) is 2. The number of anilines is 1. The number of aromatic nitrogens is 1. The molecule has 0 saturated heterocycles. The Morgan fingerprint density at radius 1 is 0.943 bits per heavy atom. The number of aryl methyl sites for hydroxylation is 1. The molecule has 1 aromatic carbocycles. The summed E-state index contributed by atoms with van der Waals surface area (Å²) in [5.74, 6) is 0. The van der Waals surface area contributed by atoms with E-state index in [9.17, 15) is 0 Å². The van der Waals surface area contributed by atoms with E-state index in [2.05, 4.69) is 129 Å². The van der Waals surface area contributed by atoms with Gasteiger partial charge in [-0.15, -0.1) is 10.2 Å². The van der Waals surface area contributed by atoms with Crippen molar-refractivity contribution in [2.45, 2.75) is 40.2 Å². The molecule has 0 unspecified atom stereocenters. The Labute approximate surface area is 211 Å². The van der Waals surface area contributed by atoms with Crippen LogP contribution in [0.25, 0.3) is 12.2 Å². The van der Waals surface area contributed by atoms with Gasteiger partial charge in [0.1, 0.15) is 6.54 Å². The van der Waals surface area contributed by atoms with Crippen molar-refractivity contribution in [3.05, 3.63) is 95.4 Å². The maximum absolute atomic E-state index is 8.49. The Morgan fingerprint density at radius 3 is 2.17 bits per heavy atom. The van der Waals surface area contributed by atoms with Crippen LogP contribution in [0.2, 0.25) is 0 Å². The number of halogens is 1. The Morgan fingerprint density at radius 2 is 1.57 bits per heavy atom. The standard InChI is InChI=1S/C28H35N2.ClHO4/c1-6-30-18-10-9-13-27(30)20-25-19-24(21-28(2,3)22-25)12-8-7-11-23-14-16-26(17-15-23)29(4)5;2-1(3,4)5/h7-20H,6,21-22H2,1-5H3;(H,2,3,4,5)/q+1;/p-1. The van der Waals surface area contributed by atoms with E-state index in [0.29, 0.717) is 0 Å². The van der Waals surface area contributed by atoms with Gasteiger partial charge in [-0.1, -0.05) is 56.4 Å². The van der Waals surface area contributed by atoms with Gasteiger partial charge in [0.2, 0.25) is 5.69 Å². The molecule has 3 rings (SSSR count). The van der Waals surface area contributed by atoms with Crippen LogP contribution < -0.4 is 28.1 Å². The Balaban J connectivity index is 0.000000784. The molecule has 35 heavy (non-hydrogen) atoms. The van der Waals surface area contributed by atoms with Crippen molar-refractivity contribution in [2.75, 3.05) is 19.0 Å². The van der Waals surface area contributed by atoms with Crippen molar-refractivity contribution in [3.63, 3.8) is 0 Å². The van der Waals surface area contributed by atoms with E-state index in [4.69, 9.17) is 18.6 Å². The predicted octanol–water partition coefficient (Wildman–Crippen LogP) is 1.70. The lowest BCUT2D eigenvalue weighted by atomic mass is 9.75. The van der Waals surface area contributed by atoms with Gasteiger partial charge in [0, 0.05) is 38.0 Å². The number of hydrogen-bond acceptors (Lipinski definition) is 5. The largest absolute Gasteiger partial charge is 0.378 e. The summed E-state index contributed by atoms with van der Waals surface area (Å²) in [4.78, 5) is 2.12. The van der Waals surface area contributed by atoms with Crippen LogP contribution in [-0.2, 0) is 6.54 Å². The van der Waals surface area contributed by atoms with Crippen molar-refractivity contribution < 1.29 is 33.4 Å². The van der Waals surface area contributed by atoms with Gasteiger partial charge in [-0.3, -0.25) is 0 Å². The monoisotopic (exact) mass is 498 g/mol. The topological polar surface area (TPSA) is 99.4 Å². The lowest BCUT2D eigenvalue weighted by Gasteiger charge is -2.30. The number of hydrogen-bond donors (Lipinski definition) is 0. The van der Waals surface area contributed by atoms with Gasteiger partial charge in [0.05, 0.1) is 0 Å². The molecule has 1 aromatic heterocycles. The summed E-state index contributed by atoms with van der Waals surface area (Å²) in [6.45, 7) is 7.91. The zero-order valence-electron chi connectivity index (χ0n) is 21.1. The predicted molar refractivity (Wildman–Crippen MR) is 130 cm³/mol. The van der Waals surface area contributed by atoms with E-state index >= 15 is 0 Å². The molecule has 0 aliphatic heterocycles. The van der Waals surface area contributed by atoms with Crippen LogP contribution in [0.3, 0.4) is 0 Å². The van der Waals surface area contributed by atoms with Gasteiger partial charge < -0.3 is 4.90 Å². The van der Waals surface area contributed by atoms with Crippen molar-refractivity contribution in [3.8, 4) is 0 Å². The second-order valence-electron chi connectivity index (χ2n) is 9.45. The SMILES string of the molecule is CC[n+]1ccccc1C=C1C=C(C=CC=Cc2ccc(N(C)C)cc2)CC(C)(C)C1.[O-][Cl+3]([O-])([O-])[O-]. The number of allylic oxidation sites excluding steroid dienone is 6. The molecule has 0 fully saturated rings. The van der Waals surface area contributed by atoms with Gasteiger partial charge in [-0.05, 0) is 60.1 Å². The van der Waals surface area contributed by atoms with Gasteiger partial charge in [0.25, 0.3) is 0 Å². The number of benzene rings is 1. The molecule has 1 aliphatic rings. The van der Waals surface area contributed by atoms with Crippen LogP contribution in [0.1, 0.15) is 44.9 Å². The second kappa shape index (κ2) is 12.8. The lowest BCUT2D eigenvalue weighted by Crippen LogP contribution is -2.68. The van der Waals surface area contributed by atoms with Gasteiger partial charge in [-0.25, -0.2) is 18.6 Å². The number of pyridine rings is 1. The molecule has 1 heterocycles. The van der Waals surface area contributed by atoms with E-state index < -0.39 is 10.2 Å². The third-order valence-electron chi connectivity index (χ3n) is 5.51. The van der Waals surface area contributed by atoms with Crippen LogP contribution in [0, 0.1) is 15.7 Å². The fraction of sp³-hybridized carbons (Fsp3) is 0.321. The van der Waals surface area contributed by atoms with Crippen LogP contribution in [0.4, 0.5) is 5.69 Å². The molecule has 0 spiro atoms. The summed E-state index contributed by atoms with van der Waals surface area (Å²) in [5.41, 5.74) is 6.79. The zero-order chi connectivity index (χ0) is 26.1. The molecule has 0 N–H and O–H groups in total. The fourth-order valence-corrected chi connectivity index (χ4v) is 4.04. The molecule has 188 valence electrons. The smallest absolute Gasteiger partial charge is 0.205 e. The third-order valence-corrected chi connectivity index (χ3v) is 5.51. The molecule has 7 heteroatoms. The van der Waals surface area contributed by atoms with Crippen molar-refractivity contribution in [1.29, 1.82) is 0 Å². The highest BCUT2D eigenvalue weighted by molar-refractivity contribution is 5.57. The first-order chi connectivity index (χ1) is 16.4. The summed E-state index contributed by atoms with van der Waals surface area (Å²) in [6, 6.07) is 15.0. The summed E-state index contributed by atoms with van der Waals surface area (Å²) < 4.78 is 36.3. The molecular weight excluding hydrogens is 464 g/mol. The molecule has 0 bridgehead atoms. The van der Waals surface area contributed by atoms with Gasteiger partial charge in [0.15, 0.2) is 6.20 Å². The highest BCUT2D eigenvalue weighted by atomic mass is 35.7. The van der Waals surface area contributed by atoms with Crippen molar-refractivity contribution >= 4 is 17.8 Å². The minimum Gasteiger partial charge on any atom is -0.378 e. The van der Waals surface area contributed by atoms with E-state index in [1.165, 1.54) is 28.1 Å². The average molecular weight is 499 g/mol. The Kier molecular flexibility index (Phi) is 10.4. The summed E-state index contributed by atoms with van der Waals surface area (Å²) >= 11 is 0. The van der Waals surface area contributed by atoms with E-state index in [1.807, 2.05) is 0 Å². The minimum atomic E-state index is -4.94. The molecule has 0 amide bonds. The summed E-state index contributed by atoms with van der Waals surface area (Å²) in [7, 11) is -0.815. The van der Waals surface area contributed by atoms with E-state index in [1.54, 1.807) is 0 Å². The quantitative estimate of drug-likeness (QED) is 0.446. The molecule has 2 aromatic rings. The molecule has 0 radical (unpaired) electrons. The minimum absolute atomic E-state index is 0.276. The van der Waals surface area contributed by atoms with Crippen molar-refractivity contribution in [2.24, 2.45) is 5.41 Å². The van der Waals surface area contributed by atoms with Gasteiger partial charge in [-0.2, -0.15) is 4.57 Å². The Bertz CT molecular complexity index is 1070. The lowest BCUT2D eigenvalue weighted by molar-refractivity contribution is -2.00. The maximum Gasteiger partial charge on any atom is 0.205 e. The normalized spacial score (nSPS) is 16.8. The van der Waals surface area contributed by atoms with Gasteiger partial charge >= 0.3 is 0 Å².